The van der Waals surface area contributed by atoms with Crippen LogP contribution in [0.15, 0.2) is 48.7 Å². The molecular weight excluding hydrogens is 294 g/mol. The van der Waals surface area contributed by atoms with Gasteiger partial charge in [0.05, 0.1) is 13.7 Å². The van der Waals surface area contributed by atoms with E-state index >= 15 is 0 Å². The van der Waals surface area contributed by atoms with E-state index in [0.717, 1.165) is 12.2 Å². The van der Waals surface area contributed by atoms with Crippen molar-refractivity contribution in [2.75, 3.05) is 7.11 Å². The molecule has 0 bridgehead atoms. The van der Waals surface area contributed by atoms with Crippen molar-refractivity contribution in [3.63, 3.8) is 0 Å². The Morgan fingerprint density at radius 1 is 1.17 bits per heavy atom. The Kier molecular flexibility index (Phi) is 5.80. The molecule has 6 heteroatoms. The van der Waals surface area contributed by atoms with Gasteiger partial charge in [0.25, 0.3) is 0 Å². The van der Waals surface area contributed by atoms with Gasteiger partial charge in [-0.1, -0.05) is 30.3 Å². The van der Waals surface area contributed by atoms with E-state index in [0.29, 0.717) is 6.54 Å². The highest BCUT2D eigenvalue weighted by Gasteiger charge is 2.15. The molecule has 1 aromatic carbocycles. The molecule has 1 aromatic heterocycles. The van der Waals surface area contributed by atoms with Crippen molar-refractivity contribution in [3.8, 4) is 0 Å². The van der Waals surface area contributed by atoms with Gasteiger partial charge >= 0.3 is 12.0 Å². The van der Waals surface area contributed by atoms with Crippen molar-refractivity contribution in [1.29, 1.82) is 0 Å². The summed E-state index contributed by atoms with van der Waals surface area (Å²) in [6, 6.07) is 12.9. The third kappa shape index (κ3) is 4.88. The number of methoxy groups -OCH3 is 1. The number of benzene rings is 1. The van der Waals surface area contributed by atoms with E-state index in [-0.39, 0.29) is 0 Å². The third-order valence-corrected chi connectivity index (χ3v) is 3.45. The number of nitrogens with zero attached hydrogens (tertiary/aromatic N) is 1. The molecule has 0 saturated carbocycles. The number of amides is 2. The van der Waals surface area contributed by atoms with Crippen molar-refractivity contribution in [1.82, 2.24) is 15.2 Å². The zero-order valence-corrected chi connectivity index (χ0v) is 13.3. The van der Waals surface area contributed by atoms with Gasteiger partial charge in [-0.15, -0.1) is 0 Å². The molecule has 0 aliphatic carbocycles. The van der Waals surface area contributed by atoms with E-state index in [4.69, 9.17) is 0 Å². The summed E-state index contributed by atoms with van der Waals surface area (Å²) in [5, 5.41) is 5.27. The van der Waals surface area contributed by atoms with Crippen LogP contribution in [0.25, 0.3) is 0 Å². The molecule has 2 N–H and O–H groups in total. The molecule has 1 heterocycles. The Bertz CT molecular complexity index is 652. The number of carbonyl (C=O) groups excluding carboxylic acids is 2. The molecule has 0 fully saturated rings. The number of esters is 1. The highest BCUT2D eigenvalue weighted by molar-refractivity contribution is 5.83. The van der Waals surface area contributed by atoms with Gasteiger partial charge in [0, 0.05) is 18.4 Å². The largest absolute Gasteiger partial charge is 0.467 e. The first-order valence-electron chi connectivity index (χ1n) is 7.40. The van der Waals surface area contributed by atoms with Crippen LogP contribution in [-0.4, -0.2) is 29.7 Å². The molecule has 2 aromatic rings. The van der Waals surface area contributed by atoms with Gasteiger partial charge in [-0.3, -0.25) is 0 Å². The normalized spacial score (nSPS) is 11.6. The van der Waals surface area contributed by atoms with Gasteiger partial charge in [-0.2, -0.15) is 0 Å². The second kappa shape index (κ2) is 8.03. The minimum Gasteiger partial charge on any atom is -0.467 e. The maximum atomic E-state index is 11.8. The highest BCUT2D eigenvalue weighted by atomic mass is 16.5. The van der Waals surface area contributed by atoms with E-state index in [9.17, 15) is 9.59 Å². The second-order valence-corrected chi connectivity index (χ2v) is 5.18. The Morgan fingerprint density at radius 2 is 1.91 bits per heavy atom. The predicted molar refractivity (Wildman–Crippen MR) is 86.8 cm³/mol. The minimum absolute atomic E-state index is 0.375. The minimum atomic E-state index is -0.684. The first kappa shape index (κ1) is 16.6. The lowest BCUT2D eigenvalue weighted by molar-refractivity contribution is -0.142. The van der Waals surface area contributed by atoms with Gasteiger partial charge in [-0.25, -0.2) is 9.59 Å². The lowest BCUT2D eigenvalue weighted by atomic mass is 10.2. The topological polar surface area (TPSA) is 72.4 Å². The molecule has 0 unspecified atom stereocenters. The summed E-state index contributed by atoms with van der Waals surface area (Å²) in [6.07, 6.45) is 1.97. The van der Waals surface area contributed by atoms with Crippen LogP contribution in [0.3, 0.4) is 0 Å². The average Bonchev–Trinajstić information content (AvgIpc) is 3.00. The maximum absolute atomic E-state index is 11.8. The molecule has 122 valence electrons. The first-order chi connectivity index (χ1) is 11.1. The standard InChI is InChI=1S/C17H21N3O3/c1-13(16(21)23-2)19-17(22)18-11-15-9-6-10-20(15)12-14-7-4-3-5-8-14/h3-10,13H,11-12H2,1-2H3,(H2,18,19,22)/t13-/m0/s1. The monoisotopic (exact) mass is 315 g/mol. The van der Waals surface area contributed by atoms with Crippen molar-refractivity contribution >= 4 is 12.0 Å². The third-order valence-electron chi connectivity index (χ3n) is 3.45. The number of carbonyl (C=O) groups is 2. The van der Waals surface area contributed by atoms with Crippen LogP contribution >= 0.6 is 0 Å². The van der Waals surface area contributed by atoms with Crippen LogP contribution in [0, 0.1) is 0 Å². The number of nitrogens with one attached hydrogen (secondary N) is 2. The molecule has 0 saturated heterocycles. The molecule has 0 spiro atoms. The summed E-state index contributed by atoms with van der Waals surface area (Å²) in [5.41, 5.74) is 2.17. The molecule has 6 nitrogen and oxygen atoms in total. The summed E-state index contributed by atoms with van der Waals surface area (Å²) >= 11 is 0. The van der Waals surface area contributed by atoms with E-state index < -0.39 is 18.0 Å². The number of hydrogen-bond donors (Lipinski definition) is 2. The molecule has 0 aliphatic heterocycles. The van der Waals surface area contributed by atoms with Gasteiger partial charge in [0.2, 0.25) is 0 Å². The predicted octanol–water partition coefficient (Wildman–Crippen LogP) is 1.90. The summed E-state index contributed by atoms with van der Waals surface area (Å²) in [6.45, 7) is 2.69. The fraction of sp³-hybridized carbons (Fsp3) is 0.294. The molecule has 2 amide bonds. The van der Waals surface area contributed by atoms with Gasteiger partial charge in [0.1, 0.15) is 6.04 Å². The molecular formula is C17H21N3O3. The van der Waals surface area contributed by atoms with Crippen LogP contribution in [0.5, 0.6) is 0 Å². The summed E-state index contributed by atoms with van der Waals surface area (Å²) < 4.78 is 6.63. The lowest BCUT2D eigenvalue weighted by Gasteiger charge is -2.14. The van der Waals surface area contributed by atoms with Crippen LogP contribution in [0.4, 0.5) is 4.79 Å². The Morgan fingerprint density at radius 3 is 2.61 bits per heavy atom. The van der Waals surface area contributed by atoms with Crippen LogP contribution < -0.4 is 10.6 Å². The smallest absolute Gasteiger partial charge is 0.328 e. The number of urea groups is 1. The van der Waals surface area contributed by atoms with Crippen LogP contribution in [-0.2, 0) is 22.6 Å². The number of hydrogen-bond acceptors (Lipinski definition) is 3. The zero-order valence-electron chi connectivity index (χ0n) is 13.3. The highest BCUT2D eigenvalue weighted by Crippen LogP contribution is 2.07. The SMILES string of the molecule is COC(=O)[C@H](C)NC(=O)NCc1cccn1Cc1ccccc1. The Hall–Kier alpha value is -2.76. The summed E-state index contributed by atoms with van der Waals surface area (Å²) in [7, 11) is 1.29. The van der Waals surface area contributed by atoms with E-state index in [1.165, 1.54) is 12.7 Å². The molecule has 2 rings (SSSR count). The van der Waals surface area contributed by atoms with Crippen molar-refractivity contribution in [3.05, 3.63) is 59.9 Å². The Labute approximate surface area is 135 Å². The first-order valence-corrected chi connectivity index (χ1v) is 7.40. The fourth-order valence-electron chi connectivity index (χ4n) is 2.20. The summed E-state index contributed by atoms with van der Waals surface area (Å²) in [5.74, 6) is -0.479. The van der Waals surface area contributed by atoms with Crippen molar-refractivity contribution in [2.45, 2.75) is 26.1 Å². The van der Waals surface area contributed by atoms with E-state index in [2.05, 4.69) is 32.1 Å². The average molecular weight is 315 g/mol. The van der Waals surface area contributed by atoms with Crippen molar-refractivity contribution < 1.29 is 14.3 Å². The lowest BCUT2D eigenvalue weighted by Crippen LogP contribution is -2.44. The Balaban J connectivity index is 1.88. The number of rotatable bonds is 6. The summed E-state index contributed by atoms with van der Waals surface area (Å²) in [4.78, 5) is 23.1. The van der Waals surface area contributed by atoms with Crippen LogP contribution in [0.1, 0.15) is 18.2 Å². The van der Waals surface area contributed by atoms with E-state index in [1.54, 1.807) is 6.92 Å². The number of ether oxygens (including phenoxy) is 1. The maximum Gasteiger partial charge on any atom is 0.328 e. The van der Waals surface area contributed by atoms with Crippen molar-refractivity contribution in [2.24, 2.45) is 0 Å². The zero-order chi connectivity index (χ0) is 16.7. The second-order valence-electron chi connectivity index (χ2n) is 5.18. The van der Waals surface area contributed by atoms with Gasteiger partial charge in [0.15, 0.2) is 0 Å². The van der Waals surface area contributed by atoms with Gasteiger partial charge in [-0.05, 0) is 24.6 Å². The van der Waals surface area contributed by atoms with Crippen LogP contribution in [0.2, 0.25) is 0 Å². The molecule has 23 heavy (non-hydrogen) atoms. The molecule has 0 aliphatic rings. The molecule has 1 atom stereocenters. The number of aromatic nitrogens is 1. The molecule has 0 radical (unpaired) electrons. The fourth-order valence-corrected chi connectivity index (χ4v) is 2.20. The quantitative estimate of drug-likeness (QED) is 0.800. The van der Waals surface area contributed by atoms with Gasteiger partial charge < -0.3 is 19.9 Å². The van der Waals surface area contributed by atoms with E-state index in [1.807, 2.05) is 36.5 Å².